The highest BCUT2D eigenvalue weighted by molar-refractivity contribution is 6.02. The number of methoxy groups -OCH3 is 2. The molecule has 0 bridgehead atoms. The highest BCUT2D eigenvalue weighted by Gasteiger charge is 2.24. The molecule has 0 saturated heterocycles. The SMILES string of the molecule is COC(=O)CCNC(=O)c1ccc(CN(C(=O)Nc2cc(F)c(F)c(OC)c2F)c2ccc(C3=CCCCC3)cc2)cc1. The maximum absolute atomic E-state index is 14.9. The van der Waals surface area contributed by atoms with Crippen LogP contribution in [0.5, 0.6) is 5.75 Å². The van der Waals surface area contributed by atoms with Gasteiger partial charge in [-0.25, -0.2) is 13.6 Å². The van der Waals surface area contributed by atoms with Gasteiger partial charge in [0.15, 0.2) is 17.4 Å². The number of hydrogen-bond acceptors (Lipinski definition) is 5. The predicted molar refractivity (Wildman–Crippen MR) is 156 cm³/mol. The highest BCUT2D eigenvalue weighted by Crippen LogP contribution is 2.32. The van der Waals surface area contributed by atoms with E-state index < -0.39 is 40.9 Å². The van der Waals surface area contributed by atoms with Crippen LogP contribution in [0.4, 0.5) is 29.3 Å². The van der Waals surface area contributed by atoms with Crippen molar-refractivity contribution in [2.24, 2.45) is 0 Å². The van der Waals surface area contributed by atoms with E-state index in [0.717, 1.165) is 38.4 Å². The number of carbonyl (C=O) groups is 3. The Morgan fingerprint density at radius 1 is 0.930 bits per heavy atom. The third-order valence-electron chi connectivity index (χ3n) is 7.05. The molecular formula is C32H32F3N3O5. The van der Waals surface area contributed by atoms with Crippen LogP contribution in [0.1, 0.15) is 53.6 Å². The number of anilines is 2. The zero-order chi connectivity index (χ0) is 30.9. The molecule has 3 aromatic carbocycles. The molecule has 0 saturated carbocycles. The number of allylic oxidation sites excluding steroid dienone is 2. The molecule has 11 heteroatoms. The fraction of sp³-hybridized carbons (Fsp3) is 0.281. The Balaban J connectivity index is 1.57. The summed E-state index contributed by atoms with van der Waals surface area (Å²) in [5, 5.41) is 4.96. The summed E-state index contributed by atoms with van der Waals surface area (Å²) < 4.78 is 52.2. The topological polar surface area (TPSA) is 97.0 Å². The van der Waals surface area contributed by atoms with E-state index in [2.05, 4.69) is 26.2 Å². The number of urea groups is 1. The Morgan fingerprint density at radius 3 is 2.28 bits per heavy atom. The first-order valence-corrected chi connectivity index (χ1v) is 13.7. The molecule has 1 aliphatic rings. The van der Waals surface area contributed by atoms with Crippen molar-refractivity contribution in [3.63, 3.8) is 0 Å². The van der Waals surface area contributed by atoms with E-state index in [1.165, 1.54) is 17.6 Å². The number of nitrogens with zero attached hydrogens (tertiary/aromatic N) is 1. The second-order valence-corrected chi connectivity index (χ2v) is 9.88. The summed E-state index contributed by atoms with van der Waals surface area (Å²) in [6.07, 6.45) is 6.46. The maximum Gasteiger partial charge on any atom is 0.326 e. The maximum atomic E-state index is 14.9. The first kappa shape index (κ1) is 31.1. The summed E-state index contributed by atoms with van der Waals surface area (Å²) in [5.74, 6) is -5.92. The highest BCUT2D eigenvalue weighted by atomic mass is 19.2. The van der Waals surface area contributed by atoms with Crippen LogP contribution in [-0.4, -0.2) is 38.7 Å². The minimum absolute atomic E-state index is 0.000543. The van der Waals surface area contributed by atoms with Crippen molar-refractivity contribution in [2.75, 3.05) is 31.0 Å². The van der Waals surface area contributed by atoms with Gasteiger partial charge in [0.1, 0.15) is 0 Å². The van der Waals surface area contributed by atoms with Crippen LogP contribution in [0.15, 0.2) is 60.7 Å². The molecule has 0 heterocycles. The first-order valence-electron chi connectivity index (χ1n) is 13.7. The summed E-state index contributed by atoms with van der Waals surface area (Å²) in [5.41, 5.74) is 3.10. The minimum atomic E-state index is -1.50. The lowest BCUT2D eigenvalue weighted by molar-refractivity contribution is -0.140. The lowest BCUT2D eigenvalue weighted by Gasteiger charge is -2.24. The molecule has 0 spiro atoms. The van der Waals surface area contributed by atoms with Crippen molar-refractivity contribution in [2.45, 2.75) is 38.6 Å². The molecule has 0 unspecified atom stereocenters. The average Bonchev–Trinajstić information content (AvgIpc) is 3.03. The van der Waals surface area contributed by atoms with Crippen molar-refractivity contribution in [1.82, 2.24) is 5.32 Å². The van der Waals surface area contributed by atoms with Crippen molar-refractivity contribution in [3.8, 4) is 5.75 Å². The molecule has 0 aromatic heterocycles. The first-order chi connectivity index (χ1) is 20.7. The Kier molecular flexibility index (Phi) is 10.4. The second kappa shape index (κ2) is 14.4. The molecular weight excluding hydrogens is 563 g/mol. The number of rotatable bonds is 10. The van der Waals surface area contributed by atoms with Gasteiger partial charge in [-0.1, -0.05) is 30.3 Å². The average molecular weight is 596 g/mol. The van der Waals surface area contributed by atoms with E-state index in [4.69, 9.17) is 0 Å². The van der Waals surface area contributed by atoms with Crippen molar-refractivity contribution in [3.05, 3.63) is 94.8 Å². The summed E-state index contributed by atoms with van der Waals surface area (Å²) in [6, 6.07) is 13.5. The van der Waals surface area contributed by atoms with Gasteiger partial charge in [-0.2, -0.15) is 4.39 Å². The normalized spacial score (nSPS) is 12.6. The largest absolute Gasteiger partial charge is 0.491 e. The van der Waals surface area contributed by atoms with Gasteiger partial charge >= 0.3 is 12.0 Å². The number of benzene rings is 3. The summed E-state index contributed by atoms with van der Waals surface area (Å²) in [4.78, 5) is 38.5. The van der Waals surface area contributed by atoms with Crippen LogP contribution in [0.3, 0.4) is 0 Å². The molecule has 0 radical (unpaired) electrons. The Labute approximate surface area is 247 Å². The fourth-order valence-electron chi connectivity index (χ4n) is 4.70. The van der Waals surface area contributed by atoms with E-state index in [1.54, 1.807) is 36.4 Å². The molecule has 3 amide bonds. The van der Waals surface area contributed by atoms with E-state index in [-0.39, 0.29) is 25.4 Å². The molecule has 43 heavy (non-hydrogen) atoms. The third kappa shape index (κ3) is 7.73. The van der Waals surface area contributed by atoms with E-state index in [1.807, 2.05) is 12.1 Å². The lowest BCUT2D eigenvalue weighted by Crippen LogP contribution is -2.35. The molecule has 0 aliphatic heterocycles. The van der Waals surface area contributed by atoms with Crippen LogP contribution in [0, 0.1) is 17.5 Å². The van der Waals surface area contributed by atoms with Gasteiger partial charge in [0, 0.05) is 23.9 Å². The van der Waals surface area contributed by atoms with E-state index in [0.29, 0.717) is 22.9 Å². The molecule has 0 atom stereocenters. The summed E-state index contributed by atoms with van der Waals surface area (Å²) in [6.45, 7) is 0.111. The summed E-state index contributed by atoms with van der Waals surface area (Å²) in [7, 11) is 2.26. The van der Waals surface area contributed by atoms with Crippen LogP contribution in [0.25, 0.3) is 5.57 Å². The van der Waals surface area contributed by atoms with Crippen molar-refractivity contribution in [1.29, 1.82) is 0 Å². The number of hydrogen-bond donors (Lipinski definition) is 2. The van der Waals surface area contributed by atoms with Crippen molar-refractivity contribution < 1.29 is 37.0 Å². The lowest BCUT2D eigenvalue weighted by atomic mass is 9.93. The summed E-state index contributed by atoms with van der Waals surface area (Å²) >= 11 is 0. The molecule has 1 aliphatic carbocycles. The van der Waals surface area contributed by atoms with Crippen LogP contribution < -0.4 is 20.3 Å². The van der Waals surface area contributed by atoms with Gasteiger partial charge in [-0.15, -0.1) is 0 Å². The zero-order valence-corrected chi connectivity index (χ0v) is 23.8. The van der Waals surface area contributed by atoms with Gasteiger partial charge < -0.3 is 20.1 Å². The number of esters is 1. The Bertz CT molecular complexity index is 1510. The van der Waals surface area contributed by atoms with Crippen LogP contribution in [0.2, 0.25) is 0 Å². The van der Waals surface area contributed by atoms with E-state index >= 15 is 0 Å². The van der Waals surface area contributed by atoms with Gasteiger partial charge in [0.2, 0.25) is 5.82 Å². The van der Waals surface area contributed by atoms with Gasteiger partial charge in [0.05, 0.1) is 32.9 Å². The standard InChI is InChI=1S/C32H32F3N3O5/c1-42-27(39)16-17-36-31(40)23-10-8-20(9-11-23)19-38(24-14-12-22(13-15-24)21-6-4-3-5-7-21)32(41)37-26-18-25(33)28(34)30(43-2)29(26)35/h6,8-15,18H,3-5,7,16-17,19H2,1-2H3,(H,36,40)(H,37,41). The number of nitrogens with one attached hydrogen (secondary N) is 2. The second-order valence-electron chi connectivity index (χ2n) is 9.88. The van der Waals surface area contributed by atoms with Gasteiger partial charge in [-0.3, -0.25) is 14.5 Å². The third-order valence-corrected chi connectivity index (χ3v) is 7.05. The zero-order valence-electron chi connectivity index (χ0n) is 23.8. The molecule has 0 fully saturated rings. The molecule has 4 rings (SSSR count). The van der Waals surface area contributed by atoms with Crippen LogP contribution in [-0.2, 0) is 16.1 Å². The fourth-order valence-corrected chi connectivity index (χ4v) is 4.70. The number of halogens is 3. The number of carbonyl (C=O) groups excluding carboxylic acids is 3. The van der Waals surface area contributed by atoms with E-state index in [9.17, 15) is 27.6 Å². The monoisotopic (exact) mass is 595 g/mol. The smallest absolute Gasteiger partial charge is 0.326 e. The molecule has 8 nitrogen and oxygen atoms in total. The Hall–Kier alpha value is -4.80. The van der Waals surface area contributed by atoms with Crippen molar-refractivity contribution >= 4 is 34.9 Å². The van der Waals surface area contributed by atoms with Gasteiger partial charge in [0.25, 0.3) is 5.91 Å². The molecule has 226 valence electrons. The van der Waals surface area contributed by atoms with Gasteiger partial charge in [-0.05, 0) is 66.6 Å². The predicted octanol–water partition coefficient (Wildman–Crippen LogP) is 6.60. The number of amides is 3. The molecule has 3 aromatic rings. The quantitative estimate of drug-likeness (QED) is 0.203. The van der Waals surface area contributed by atoms with Crippen LogP contribution >= 0.6 is 0 Å². The molecule has 2 N–H and O–H groups in total. The number of ether oxygens (including phenoxy) is 2. The minimum Gasteiger partial charge on any atom is -0.491 e. The Morgan fingerprint density at radius 2 is 1.65 bits per heavy atom.